The SMILES string of the molecule is N#CCc1ccc(NC(=O)C2CCCN(C(=O)c3ccc(Cl)c(Cl)c3)C2)cc1. The van der Waals surface area contributed by atoms with Gasteiger partial charge in [-0.15, -0.1) is 0 Å². The van der Waals surface area contributed by atoms with Crippen LogP contribution in [-0.2, 0) is 11.2 Å². The Balaban J connectivity index is 1.63. The monoisotopic (exact) mass is 415 g/mol. The molecule has 1 fully saturated rings. The number of carbonyl (C=O) groups excluding carboxylic acids is 2. The highest BCUT2D eigenvalue weighted by Gasteiger charge is 2.29. The number of piperidine rings is 1. The van der Waals surface area contributed by atoms with Gasteiger partial charge in [0.2, 0.25) is 5.91 Å². The highest BCUT2D eigenvalue weighted by molar-refractivity contribution is 6.42. The number of nitrogens with zero attached hydrogens (tertiary/aromatic N) is 2. The van der Waals surface area contributed by atoms with E-state index < -0.39 is 0 Å². The molecular weight excluding hydrogens is 397 g/mol. The van der Waals surface area contributed by atoms with Gasteiger partial charge >= 0.3 is 0 Å². The number of hydrogen-bond donors (Lipinski definition) is 1. The lowest BCUT2D eigenvalue weighted by atomic mass is 9.96. The van der Waals surface area contributed by atoms with Crippen LogP contribution in [0.25, 0.3) is 0 Å². The summed E-state index contributed by atoms with van der Waals surface area (Å²) in [7, 11) is 0. The average Bonchev–Trinajstić information content (AvgIpc) is 2.71. The van der Waals surface area contributed by atoms with E-state index in [1.54, 1.807) is 35.2 Å². The van der Waals surface area contributed by atoms with Crippen molar-refractivity contribution in [1.29, 1.82) is 5.26 Å². The maximum Gasteiger partial charge on any atom is 0.253 e. The third-order valence-electron chi connectivity index (χ3n) is 4.75. The standard InChI is InChI=1S/C21H19Cl2N3O2/c22-18-8-5-15(12-19(18)23)21(28)26-11-1-2-16(13-26)20(27)25-17-6-3-14(4-7-17)9-10-24/h3-8,12,16H,1-2,9,11,13H2,(H,25,27). The van der Waals surface area contributed by atoms with Gasteiger partial charge in [0, 0.05) is 24.3 Å². The van der Waals surface area contributed by atoms with Crippen molar-refractivity contribution in [3.05, 3.63) is 63.6 Å². The highest BCUT2D eigenvalue weighted by Crippen LogP contribution is 2.25. The fourth-order valence-electron chi connectivity index (χ4n) is 3.23. The molecule has 5 nitrogen and oxygen atoms in total. The maximum absolute atomic E-state index is 12.8. The lowest BCUT2D eigenvalue weighted by Crippen LogP contribution is -2.43. The maximum atomic E-state index is 12.8. The molecule has 0 radical (unpaired) electrons. The molecule has 1 unspecified atom stereocenters. The van der Waals surface area contributed by atoms with Gasteiger partial charge in [0.1, 0.15) is 0 Å². The Kier molecular flexibility index (Phi) is 6.56. The van der Waals surface area contributed by atoms with Crippen LogP contribution in [-0.4, -0.2) is 29.8 Å². The van der Waals surface area contributed by atoms with Gasteiger partial charge in [0.05, 0.1) is 28.5 Å². The molecule has 1 aliphatic rings. The second-order valence-corrected chi connectivity index (χ2v) is 7.55. The fourth-order valence-corrected chi connectivity index (χ4v) is 3.53. The summed E-state index contributed by atoms with van der Waals surface area (Å²) in [6.07, 6.45) is 1.82. The molecule has 0 saturated carbocycles. The van der Waals surface area contributed by atoms with E-state index in [4.69, 9.17) is 28.5 Å². The van der Waals surface area contributed by atoms with Crippen molar-refractivity contribution in [3.8, 4) is 6.07 Å². The number of amides is 2. The Labute approximate surface area is 173 Å². The predicted molar refractivity (Wildman–Crippen MR) is 109 cm³/mol. The van der Waals surface area contributed by atoms with Gasteiger partial charge in [-0.2, -0.15) is 5.26 Å². The molecule has 0 bridgehead atoms. The lowest BCUT2D eigenvalue weighted by molar-refractivity contribution is -0.121. The Morgan fingerprint density at radius 1 is 1.14 bits per heavy atom. The van der Waals surface area contributed by atoms with E-state index in [-0.39, 0.29) is 17.7 Å². The van der Waals surface area contributed by atoms with Crippen LogP contribution in [0.1, 0.15) is 28.8 Å². The molecule has 0 aromatic heterocycles. The Bertz CT molecular complexity index is 922. The molecule has 1 heterocycles. The number of benzene rings is 2. The van der Waals surface area contributed by atoms with E-state index in [9.17, 15) is 9.59 Å². The summed E-state index contributed by atoms with van der Waals surface area (Å²) in [6, 6.07) is 14.1. The first-order valence-corrected chi connectivity index (χ1v) is 9.74. The van der Waals surface area contributed by atoms with Gasteiger partial charge in [-0.05, 0) is 48.7 Å². The normalized spacial score (nSPS) is 16.3. The summed E-state index contributed by atoms with van der Waals surface area (Å²) >= 11 is 11.9. The molecule has 1 aliphatic heterocycles. The average molecular weight is 416 g/mol. The molecule has 1 atom stereocenters. The molecule has 3 rings (SSSR count). The number of hydrogen-bond acceptors (Lipinski definition) is 3. The molecule has 2 aromatic rings. The summed E-state index contributed by atoms with van der Waals surface area (Å²) in [5.41, 5.74) is 2.04. The summed E-state index contributed by atoms with van der Waals surface area (Å²) in [4.78, 5) is 27.1. The number of likely N-dealkylation sites (tertiary alicyclic amines) is 1. The molecule has 144 valence electrons. The number of anilines is 1. The molecule has 0 spiro atoms. The molecule has 28 heavy (non-hydrogen) atoms. The van der Waals surface area contributed by atoms with Gasteiger partial charge < -0.3 is 10.2 Å². The summed E-state index contributed by atoms with van der Waals surface area (Å²) in [6.45, 7) is 0.961. The minimum Gasteiger partial charge on any atom is -0.338 e. The molecule has 2 amide bonds. The molecule has 7 heteroatoms. The van der Waals surface area contributed by atoms with Gasteiger partial charge in [0.15, 0.2) is 0 Å². The zero-order valence-corrected chi connectivity index (χ0v) is 16.6. The van der Waals surface area contributed by atoms with Crippen molar-refractivity contribution in [1.82, 2.24) is 4.90 Å². The minimum atomic E-state index is -0.278. The van der Waals surface area contributed by atoms with Gasteiger partial charge in [-0.3, -0.25) is 9.59 Å². The predicted octanol–water partition coefficient (Wildman–Crippen LogP) is 4.55. The minimum absolute atomic E-state index is 0.111. The summed E-state index contributed by atoms with van der Waals surface area (Å²) in [5, 5.41) is 12.3. The van der Waals surface area contributed by atoms with E-state index in [1.807, 2.05) is 12.1 Å². The van der Waals surface area contributed by atoms with Crippen molar-refractivity contribution >= 4 is 40.7 Å². The number of carbonyl (C=O) groups is 2. The zero-order valence-electron chi connectivity index (χ0n) is 15.1. The number of rotatable bonds is 4. The van der Waals surface area contributed by atoms with E-state index in [0.717, 1.165) is 18.4 Å². The van der Waals surface area contributed by atoms with E-state index in [1.165, 1.54) is 0 Å². The number of nitrogens with one attached hydrogen (secondary N) is 1. The smallest absolute Gasteiger partial charge is 0.253 e. The van der Waals surface area contributed by atoms with E-state index in [2.05, 4.69) is 11.4 Å². The van der Waals surface area contributed by atoms with Crippen LogP contribution in [0, 0.1) is 17.2 Å². The second kappa shape index (κ2) is 9.09. The largest absolute Gasteiger partial charge is 0.338 e. The Morgan fingerprint density at radius 3 is 2.57 bits per heavy atom. The first-order valence-electron chi connectivity index (χ1n) is 8.99. The van der Waals surface area contributed by atoms with Gasteiger partial charge in [0.25, 0.3) is 5.91 Å². The van der Waals surface area contributed by atoms with Crippen LogP contribution in [0.4, 0.5) is 5.69 Å². The van der Waals surface area contributed by atoms with E-state index in [0.29, 0.717) is 40.8 Å². The van der Waals surface area contributed by atoms with Crippen LogP contribution in [0.3, 0.4) is 0 Å². The summed E-state index contributed by atoms with van der Waals surface area (Å²) in [5.74, 6) is -0.546. The zero-order chi connectivity index (χ0) is 20.1. The Hall–Kier alpha value is -2.55. The highest BCUT2D eigenvalue weighted by atomic mass is 35.5. The van der Waals surface area contributed by atoms with Crippen LogP contribution in [0.2, 0.25) is 10.0 Å². The third kappa shape index (κ3) is 4.83. The van der Waals surface area contributed by atoms with Crippen molar-refractivity contribution in [2.45, 2.75) is 19.3 Å². The van der Waals surface area contributed by atoms with Crippen LogP contribution < -0.4 is 5.32 Å². The second-order valence-electron chi connectivity index (χ2n) is 6.74. The fraction of sp³-hybridized carbons (Fsp3) is 0.286. The molecule has 1 N–H and O–H groups in total. The van der Waals surface area contributed by atoms with Crippen LogP contribution in [0.5, 0.6) is 0 Å². The molecule has 2 aromatic carbocycles. The van der Waals surface area contributed by atoms with Crippen LogP contribution in [0.15, 0.2) is 42.5 Å². The van der Waals surface area contributed by atoms with Gasteiger partial charge in [-0.1, -0.05) is 35.3 Å². The molecular formula is C21H19Cl2N3O2. The first-order chi connectivity index (χ1) is 13.5. The number of halogens is 2. The third-order valence-corrected chi connectivity index (χ3v) is 5.49. The summed E-state index contributed by atoms with van der Waals surface area (Å²) < 4.78 is 0. The van der Waals surface area contributed by atoms with Crippen molar-refractivity contribution in [2.24, 2.45) is 5.92 Å². The Morgan fingerprint density at radius 2 is 1.89 bits per heavy atom. The van der Waals surface area contributed by atoms with Crippen molar-refractivity contribution < 1.29 is 9.59 Å². The molecule has 0 aliphatic carbocycles. The van der Waals surface area contributed by atoms with E-state index >= 15 is 0 Å². The van der Waals surface area contributed by atoms with Crippen molar-refractivity contribution in [2.75, 3.05) is 18.4 Å². The first kappa shape index (κ1) is 20.2. The lowest BCUT2D eigenvalue weighted by Gasteiger charge is -2.32. The topological polar surface area (TPSA) is 73.2 Å². The van der Waals surface area contributed by atoms with Gasteiger partial charge in [-0.25, -0.2) is 0 Å². The number of nitriles is 1. The van der Waals surface area contributed by atoms with Crippen molar-refractivity contribution in [3.63, 3.8) is 0 Å². The molecule has 1 saturated heterocycles. The quantitative estimate of drug-likeness (QED) is 0.795. The van der Waals surface area contributed by atoms with Crippen LogP contribution >= 0.6 is 23.2 Å².